The van der Waals surface area contributed by atoms with Gasteiger partial charge in [0.15, 0.2) is 0 Å². The number of carboxylic acid groups (broad SMARTS) is 2. The van der Waals surface area contributed by atoms with Gasteiger partial charge in [-0.15, -0.1) is 0 Å². The van der Waals surface area contributed by atoms with Gasteiger partial charge in [-0.1, -0.05) is 117 Å². The lowest BCUT2D eigenvalue weighted by Crippen LogP contribution is -2.12. The average molecular weight is 565 g/mol. The molecule has 4 atom stereocenters. The molecule has 0 aromatic rings. The summed E-state index contributed by atoms with van der Waals surface area (Å²) in [6, 6.07) is 0. The molecule has 2 rings (SSSR count). The summed E-state index contributed by atoms with van der Waals surface area (Å²) < 4.78 is 11.6. The predicted molar refractivity (Wildman–Crippen MR) is 162 cm³/mol. The Morgan fingerprint density at radius 2 is 0.725 bits per heavy atom. The molecule has 2 N–H and O–H groups in total. The van der Waals surface area contributed by atoms with Crippen LogP contribution in [0.3, 0.4) is 0 Å². The van der Waals surface area contributed by atoms with Gasteiger partial charge in [0.2, 0.25) is 0 Å². The van der Waals surface area contributed by atoms with Crippen LogP contribution in [0.15, 0.2) is 11.1 Å². The van der Waals surface area contributed by atoms with Gasteiger partial charge < -0.3 is 19.7 Å². The van der Waals surface area contributed by atoms with E-state index < -0.39 is 11.9 Å². The smallest absolute Gasteiger partial charge is 0.332 e. The summed E-state index contributed by atoms with van der Waals surface area (Å²) in [5, 5.41) is 19.5. The van der Waals surface area contributed by atoms with Crippen molar-refractivity contribution in [2.45, 2.75) is 192 Å². The minimum atomic E-state index is -1.09. The van der Waals surface area contributed by atoms with Crippen LogP contribution in [0.4, 0.5) is 0 Å². The zero-order valence-electron chi connectivity index (χ0n) is 25.8. The topological polar surface area (TPSA) is 99.7 Å². The van der Waals surface area contributed by atoms with Crippen molar-refractivity contribution < 1.29 is 29.3 Å². The van der Waals surface area contributed by atoms with Gasteiger partial charge in [0.25, 0.3) is 0 Å². The van der Waals surface area contributed by atoms with Crippen molar-refractivity contribution in [3.05, 3.63) is 11.1 Å². The molecule has 2 saturated heterocycles. The molecule has 0 amide bonds. The molecule has 0 bridgehead atoms. The molecule has 2 heterocycles. The van der Waals surface area contributed by atoms with Crippen LogP contribution in [0.1, 0.15) is 168 Å². The Bertz CT molecular complexity index is 672. The van der Waals surface area contributed by atoms with Crippen LogP contribution >= 0.6 is 0 Å². The lowest BCUT2D eigenvalue weighted by Gasteiger charge is -2.09. The molecule has 0 aliphatic carbocycles. The molecule has 2 aliphatic rings. The van der Waals surface area contributed by atoms with Gasteiger partial charge in [0.1, 0.15) is 0 Å². The molecular weight excluding hydrogens is 504 g/mol. The first kappa shape index (κ1) is 34.8. The van der Waals surface area contributed by atoms with Gasteiger partial charge in [-0.05, 0) is 51.4 Å². The molecule has 0 saturated carbocycles. The summed E-state index contributed by atoms with van der Waals surface area (Å²) in [5.41, 5.74) is 0.173. The number of carbonyl (C=O) groups is 2. The lowest BCUT2D eigenvalue weighted by molar-refractivity contribution is -0.136. The van der Waals surface area contributed by atoms with Crippen LogP contribution in [0.2, 0.25) is 0 Å². The zero-order chi connectivity index (χ0) is 29.0. The Kier molecular flexibility index (Phi) is 18.6. The number of rotatable bonds is 28. The van der Waals surface area contributed by atoms with Crippen LogP contribution < -0.4 is 0 Å². The second-order valence-corrected chi connectivity index (χ2v) is 12.3. The predicted octanol–water partition coefficient (Wildman–Crippen LogP) is 9.39. The molecular formula is C34H60O6. The van der Waals surface area contributed by atoms with Crippen LogP contribution in [-0.2, 0) is 19.1 Å². The van der Waals surface area contributed by atoms with Gasteiger partial charge >= 0.3 is 11.9 Å². The second kappa shape index (κ2) is 21.3. The van der Waals surface area contributed by atoms with E-state index in [0.29, 0.717) is 50.1 Å². The molecule has 40 heavy (non-hydrogen) atoms. The maximum atomic E-state index is 11.9. The SMILES string of the molecule is CCCCCCCCCC1OC1CCCC/C(C(=O)O)=C(\CCCCC1OC1CCCCCCCCC)C(=O)O. The lowest BCUT2D eigenvalue weighted by atomic mass is 9.96. The minimum absolute atomic E-state index is 0.0864. The number of ether oxygens (including phenoxy) is 2. The first-order valence-electron chi connectivity index (χ1n) is 17.0. The summed E-state index contributed by atoms with van der Waals surface area (Å²) >= 11 is 0. The van der Waals surface area contributed by atoms with E-state index in [0.717, 1.165) is 38.5 Å². The highest BCUT2D eigenvalue weighted by Gasteiger charge is 2.37. The summed E-state index contributed by atoms with van der Waals surface area (Å²) in [7, 11) is 0. The summed E-state index contributed by atoms with van der Waals surface area (Å²) in [6.07, 6.45) is 27.6. The maximum absolute atomic E-state index is 11.9. The highest BCUT2D eigenvalue weighted by atomic mass is 16.6. The Morgan fingerprint density at radius 1 is 0.450 bits per heavy atom. The molecule has 2 aliphatic heterocycles. The molecule has 0 radical (unpaired) electrons. The normalized spacial score (nSPS) is 22.2. The Balaban J connectivity index is 1.55. The van der Waals surface area contributed by atoms with Crippen LogP contribution in [-0.4, -0.2) is 46.6 Å². The van der Waals surface area contributed by atoms with Crippen LogP contribution in [0.5, 0.6) is 0 Å². The number of carboxylic acids is 2. The standard InChI is InChI=1S/C34H60O6/c1-3-5-7-9-11-13-15-23-29-31(39-29)25-19-17-21-27(33(35)36)28(34(37)38)22-18-20-26-32-30(40-32)24-16-14-12-10-8-6-4-2/h29-32H,3-26H2,1-2H3,(H,35,36)(H,37,38)/b28-27-. The van der Waals surface area contributed by atoms with Crippen LogP contribution in [0, 0.1) is 0 Å². The Labute approximate surface area is 244 Å². The molecule has 6 heteroatoms. The summed E-state index contributed by atoms with van der Waals surface area (Å²) in [4.78, 5) is 23.8. The maximum Gasteiger partial charge on any atom is 0.332 e. The van der Waals surface area contributed by atoms with E-state index >= 15 is 0 Å². The number of epoxide rings is 2. The van der Waals surface area contributed by atoms with Crippen molar-refractivity contribution in [2.24, 2.45) is 0 Å². The fraction of sp³-hybridized carbons (Fsp3) is 0.882. The summed E-state index contributed by atoms with van der Waals surface area (Å²) in [6.45, 7) is 4.49. The van der Waals surface area contributed by atoms with E-state index in [1.807, 2.05) is 0 Å². The van der Waals surface area contributed by atoms with Gasteiger partial charge in [-0.3, -0.25) is 0 Å². The fourth-order valence-electron chi connectivity index (χ4n) is 6.05. The zero-order valence-corrected chi connectivity index (χ0v) is 25.8. The van der Waals surface area contributed by atoms with E-state index in [9.17, 15) is 19.8 Å². The quantitative estimate of drug-likeness (QED) is 0.0558. The van der Waals surface area contributed by atoms with Crippen molar-refractivity contribution in [1.82, 2.24) is 0 Å². The van der Waals surface area contributed by atoms with E-state index in [-0.39, 0.29) is 11.1 Å². The van der Waals surface area contributed by atoms with Gasteiger partial charge in [0.05, 0.1) is 24.4 Å². The number of hydrogen-bond donors (Lipinski definition) is 2. The Morgan fingerprint density at radius 3 is 1.02 bits per heavy atom. The molecule has 6 nitrogen and oxygen atoms in total. The first-order chi connectivity index (χ1) is 19.5. The van der Waals surface area contributed by atoms with Crippen molar-refractivity contribution >= 4 is 11.9 Å². The monoisotopic (exact) mass is 564 g/mol. The molecule has 0 spiro atoms. The van der Waals surface area contributed by atoms with Crippen molar-refractivity contribution in [3.63, 3.8) is 0 Å². The molecule has 2 fully saturated rings. The fourth-order valence-corrected chi connectivity index (χ4v) is 6.05. The third kappa shape index (κ3) is 15.6. The third-order valence-electron chi connectivity index (χ3n) is 8.77. The highest BCUT2D eigenvalue weighted by Crippen LogP contribution is 2.33. The van der Waals surface area contributed by atoms with E-state index in [1.165, 1.54) is 89.9 Å². The largest absolute Gasteiger partial charge is 0.478 e. The molecule has 0 aromatic heterocycles. The van der Waals surface area contributed by atoms with E-state index in [4.69, 9.17) is 9.47 Å². The summed E-state index contributed by atoms with van der Waals surface area (Å²) in [5.74, 6) is -2.17. The Hall–Kier alpha value is -1.40. The molecule has 4 unspecified atom stereocenters. The number of hydrogen-bond acceptors (Lipinski definition) is 4. The molecule has 232 valence electrons. The van der Waals surface area contributed by atoms with Gasteiger partial charge in [-0.25, -0.2) is 9.59 Å². The third-order valence-corrected chi connectivity index (χ3v) is 8.77. The number of aliphatic carboxylic acids is 2. The average Bonchev–Trinajstić information content (AvgIpc) is 3.85. The van der Waals surface area contributed by atoms with Crippen molar-refractivity contribution in [1.29, 1.82) is 0 Å². The van der Waals surface area contributed by atoms with E-state index in [2.05, 4.69) is 13.8 Å². The van der Waals surface area contributed by atoms with Crippen molar-refractivity contribution in [2.75, 3.05) is 0 Å². The number of unbranched alkanes of at least 4 members (excludes halogenated alkanes) is 14. The van der Waals surface area contributed by atoms with Crippen LogP contribution in [0.25, 0.3) is 0 Å². The van der Waals surface area contributed by atoms with Gasteiger partial charge in [-0.2, -0.15) is 0 Å². The second-order valence-electron chi connectivity index (χ2n) is 12.3. The molecule has 0 aromatic carbocycles. The minimum Gasteiger partial charge on any atom is -0.478 e. The van der Waals surface area contributed by atoms with Gasteiger partial charge in [0, 0.05) is 11.1 Å². The first-order valence-corrected chi connectivity index (χ1v) is 17.0. The van der Waals surface area contributed by atoms with E-state index in [1.54, 1.807) is 0 Å². The van der Waals surface area contributed by atoms with Crippen molar-refractivity contribution in [3.8, 4) is 0 Å². The highest BCUT2D eigenvalue weighted by molar-refractivity contribution is 5.98.